The molecule has 0 fully saturated rings. The summed E-state index contributed by atoms with van der Waals surface area (Å²) in [5.74, 6) is -0.953. The molecule has 0 aliphatic carbocycles. The van der Waals surface area contributed by atoms with Crippen LogP contribution >= 0.6 is 0 Å². The molecule has 0 amide bonds. The highest BCUT2D eigenvalue weighted by molar-refractivity contribution is 5.73. The third-order valence-electron chi connectivity index (χ3n) is 5.11. The van der Waals surface area contributed by atoms with E-state index in [1.54, 1.807) is 14.2 Å². The average Bonchev–Trinajstić information content (AvgIpc) is 3.24. The summed E-state index contributed by atoms with van der Waals surface area (Å²) in [6.45, 7) is 3.11. The zero-order chi connectivity index (χ0) is 25.1. The summed E-state index contributed by atoms with van der Waals surface area (Å²) in [5.41, 5.74) is 4.68. The molecule has 0 aliphatic rings. The maximum absolute atomic E-state index is 10.6. The molecule has 1 N–H and O–H groups in total. The van der Waals surface area contributed by atoms with Crippen molar-refractivity contribution in [1.29, 1.82) is 0 Å². The van der Waals surface area contributed by atoms with Crippen molar-refractivity contribution in [2.45, 2.75) is 45.3 Å². The van der Waals surface area contributed by atoms with E-state index in [0.717, 1.165) is 55.0 Å². The van der Waals surface area contributed by atoms with Crippen LogP contribution in [0.25, 0.3) is 11.3 Å². The number of carboxylic acid groups (broad SMARTS) is 1. The van der Waals surface area contributed by atoms with Gasteiger partial charge in [-0.25, -0.2) is 9.78 Å². The van der Waals surface area contributed by atoms with Crippen LogP contribution in [0.15, 0.2) is 54.9 Å². The van der Waals surface area contributed by atoms with E-state index < -0.39 is 12.1 Å². The van der Waals surface area contributed by atoms with Gasteiger partial charge >= 0.3 is 12.1 Å². The van der Waals surface area contributed by atoms with Crippen LogP contribution in [-0.2, 0) is 24.2 Å². The Morgan fingerprint density at radius 3 is 2.38 bits per heavy atom. The van der Waals surface area contributed by atoms with Crippen molar-refractivity contribution in [2.75, 3.05) is 14.2 Å². The largest absolute Gasteiger partial charge is 0.497 e. The summed E-state index contributed by atoms with van der Waals surface area (Å²) >= 11 is 0. The van der Waals surface area contributed by atoms with E-state index in [0.29, 0.717) is 0 Å². The van der Waals surface area contributed by atoms with Crippen LogP contribution in [0.1, 0.15) is 31.0 Å². The van der Waals surface area contributed by atoms with Crippen molar-refractivity contribution in [3.05, 3.63) is 66.1 Å². The van der Waals surface area contributed by atoms with Gasteiger partial charge in [-0.2, -0.15) is 13.2 Å². The lowest BCUT2D eigenvalue weighted by Gasteiger charge is -2.12. The monoisotopic (exact) mass is 478 g/mol. The third-order valence-corrected chi connectivity index (χ3v) is 5.11. The summed E-state index contributed by atoms with van der Waals surface area (Å²) in [6.07, 6.45) is 1.13. The number of ether oxygens (including phenoxy) is 2. The lowest BCUT2D eigenvalue weighted by Crippen LogP contribution is -2.21. The predicted octanol–water partition coefficient (Wildman–Crippen LogP) is 5.79. The molecular weight excluding hydrogens is 449 g/mol. The number of nitrogens with zero attached hydrogens (tertiary/aromatic N) is 2. The van der Waals surface area contributed by atoms with E-state index in [2.05, 4.69) is 35.8 Å². The van der Waals surface area contributed by atoms with Crippen LogP contribution in [0.5, 0.6) is 11.5 Å². The number of hydrogen-bond donors (Lipinski definition) is 1. The van der Waals surface area contributed by atoms with E-state index in [1.165, 1.54) is 11.3 Å². The number of methoxy groups -OCH3 is 2. The Bertz CT molecular complexity index is 1060. The van der Waals surface area contributed by atoms with Gasteiger partial charge in [0.15, 0.2) is 0 Å². The highest BCUT2D eigenvalue weighted by Crippen LogP contribution is 2.28. The average molecular weight is 479 g/mol. The van der Waals surface area contributed by atoms with Crippen LogP contribution in [0, 0.1) is 0 Å². The van der Waals surface area contributed by atoms with Gasteiger partial charge in [0.1, 0.15) is 11.5 Å². The van der Waals surface area contributed by atoms with Gasteiger partial charge in [-0.1, -0.05) is 43.7 Å². The molecule has 9 heteroatoms. The molecule has 0 unspecified atom stereocenters. The van der Waals surface area contributed by atoms with Gasteiger partial charge in [0, 0.05) is 17.8 Å². The van der Waals surface area contributed by atoms with Gasteiger partial charge in [-0.3, -0.25) is 0 Å². The third kappa shape index (κ3) is 7.54. The Balaban J connectivity index is 0.000000509. The van der Waals surface area contributed by atoms with Crippen molar-refractivity contribution in [1.82, 2.24) is 9.55 Å². The van der Waals surface area contributed by atoms with E-state index in [1.807, 2.05) is 30.6 Å². The quantitative estimate of drug-likeness (QED) is 0.422. The highest BCUT2D eigenvalue weighted by Gasteiger charge is 2.38. The first kappa shape index (κ1) is 26.8. The summed E-state index contributed by atoms with van der Waals surface area (Å²) in [4.78, 5) is 13.6. The topological polar surface area (TPSA) is 73.6 Å². The second-order valence-electron chi connectivity index (χ2n) is 7.43. The number of aryl methyl sites for hydroxylation is 2. The highest BCUT2D eigenvalue weighted by atomic mass is 19.4. The van der Waals surface area contributed by atoms with Crippen molar-refractivity contribution in [3.8, 4) is 22.8 Å². The van der Waals surface area contributed by atoms with Gasteiger partial charge in [0.05, 0.1) is 26.2 Å². The van der Waals surface area contributed by atoms with Gasteiger partial charge in [-0.15, -0.1) is 0 Å². The standard InChI is InChI=1S/C23H28N2O2.C2HF3O2/c1-4-5-12-21-23(19-10-8-11-20(16-19)26-2)24-17-25(21)15-14-18-9-6-7-13-22(18)27-3;3-2(4,5)1(6)7/h6-11,13,16-17H,4-5,12,14-15H2,1-3H3;(H,6,7). The number of carboxylic acids is 1. The van der Waals surface area contributed by atoms with E-state index in [9.17, 15) is 13.2 Å². The molecule has 0 bridgehead atoms. The number of para-hydroxylation sites is 1. The fraction of sp³-hybridized carbons (Fsp3) is 0.360. The minimum atomic E-state index is -5.08. The SMILES string of the molecule is CCCCc1c(-c2cccc(OC)c2)ncn1CCc1ccccc1OC.O=C(O)C(F)(F)F. The molecule has 1 aromatic heterocycles. The van der Waals surface area contributed by atoms with Crippen molar-refractivity contribution in [3.63, 3.8) is 0 Å². The number of aromatic nitrogens is 2. The lowest BCUT2D eigenvalue weighted by atomic mass is 10.1. The molecule has 2 aromatic carbocycles. The smallest absolute Gasteiger partial charge is 0.490 e. The molecule has 1 heterocycles. The predicted molar refractivity (Wildman–Crippen MR) is 123 cm³/mol. The van der Waals surface area contributed by atoms with Crippen LogP contribution in [0.4, 0.5) is 13.2 Å². The zero-order valence-corrected chi connectivity index (χ0v) is 19.4. The van der Waals surface area contributed by atoms with Gasteiger partial charge in [-0.05, 0) is 43.0 Å². The molecule has 184 valence electrons. The molecule has 0 spiro atoms. The molecule has 0 radical (unpaired) electrons. The summed E-state index contributed by atoms with van der Waals surface area (Å²) in [7, 11) is 3.42. The zero-order valence-electron chi connectivity index (χ0n) is 19.4. The van der Waals surface area contributed by atoms with Crippen molar-refractivity contribution in [2.24, 2.45) is 0 Å². The number of alkyl halides is 3. The minimum Gasteiger partial charge on any atom is -0.497 e. The number of imidazole rings is 1. The molecule has 0 saturated carbocycles. The first-order chi connectivity index (χ1) is 16.2. The van der Waals surface area contributed by atoms with Crippen LogP contribution in [0.2, 0.25) is 0 Å². The van der Waals surface area contributed by atoms with Crippen LogP contribution < -0.4 is 9.47 Å². The summed E-state index contributed by atoms with van der Waals surface area (Å²) in [5, 5.41) is 7.12. The number of benzene rings is 2. The second kappa shape index (κ2) is 12.7. The number of halogens is 3. The van der Waals surface area contributed by atoms with Crippen molar-refractivity contribution < 1.29 is 32.5 Å². The Hall–Kier alpha value is -3.49. The number of carbonyl (C=O) groups is 1. The van der Waals surface area contributed by atoms with Crippen LogP contribution in [-0.4, -0.2) is 41.0 Å². The molecule has 34 heavy (non-hydrogen) atoms. The number of unbranched alkanes of at least 4 members (excludes halogenated alkanes) is 1. The Morgan fingerprint density at radius 2 is 1.76 bits per heavy atom. The first-order valence-corrected chi connectivity index (χ1v) is 10.8. The summed E-state index contributed by atoms with van der Waals surface area (Å²) in [6, 6.07) is 16.4. The number of hydrogen-bond acceptors (Lipinski definition) is 4. The molecular formula is C25H29F3N2O4. The Kier molecular flexibility index (Phi) is 9.97. The van der Waals surface area contributed by atoms with Gasteiger partial charge in [0.25, 0.3) is 0 Å². The van der Waals surface area contributed by atoms with Gasteiger partial charge in [0.2, 0.25) is 0 Å². The van der Waals surface area contributed by atoms with Gasteiger partial charge < -0.3 is 19.1 Å². The Labute approximate surface area is 197 Å². The normalized spacial score (nSPS) is 10.9. The molecule has 3 aromatic rings. The molecule has 3 rings (SSSR count). The maximum atomic E-state index is 10.6. The number of aliphatic carboxylic acids is 1. The maximum Gasteiger partial charge on any atom is 0.490 e. The van der Waals surface area contributed by atoms with E-state index in [4.69, 9.17) is 24.4 Å². The minimum absolute atomic E-state index is 0.859. The fourth-order valence-corrected chi connectivity index (χ4v) is 3.37. The molecule has 0 atom stereocenters. The molecule has 0 aliphatic heterocycles. The molecule has 0 saturated heterocycles. The second-order valence-corrected chi connectivity index (χ2v) is 7.43. The van der Waals surface area contributed by atoms with Crippen molar-refractivity contribution >= 4 is 5.97 Å². The molecule has 6 nitrogen and oxygen atoms in total. The van der Waals surface area contributed by atoms with E-state index >= 15 is 0 Å². The lowest BCUT2D eigenvalue weighted by molar-refractivity contribution is -0.192. The first-order valence-electron chi connectivity index (χ1n) is 10.8. The number of rotatable bonds is 9. The fourth-order valence-electron chi connectivity index (χ4n) is 3.37. The Morgan fingerprint density at radius 1 is 1.06 bits per heavy atom. The van der Waals surface area contributed by atoms with E-state index in [-0.39, 0.29) is 0 Å². The summed E-state index contributed by atoms with van der Waals surface area (Å²) < 4.78 is 44.9. The van der Waals surface area contributed by atoms with Crippen LogP contribution in [0.3, 0.4) is 0 Å².